The summed E-state index contributed by atoms with van der Waals surface area (Å²) in [6.07, 6.45) is -0.838. The number of aliphatic hydroxyl groups excluding tert-OH is 2. The standard InChI is InChI=1S/C58H59N5O12/c1-36(2)48(54(67)71-3)59-57(70)62-43-23-21-37(14-12-13-29-64)32-42(43)58(56(62)69)47(53(66)61-27-25-60(26-28-61)34-38-22-24-45-46(33-38)74-35-73-45)50-55(68)75-51(40-17-8-5-9-18-40)49(39-15-6-4-7-16-39)63(50)52(58)41-19-10-11-20-44(41)72-31-30-65/h4-11,15-24,32-33,36,47-52,64-65H,13,25-31,34-35H2,1-3H3,(H,59,70)/t47-,48+,49-,50-,51+,52+,58-/m1/s1. The fourth-order valence-corrected chi connectivity index (χ4v) is 11.6. The Balaban J connectivity index is 1.21. The van der Waals surface area contributed by atoms with Crippen LogP contribution >= 0.6 is 0 Å². The lowest BCUT2D eigenvalue weighted by atomic mass is 9.64. The third-order valence-corrected chi connectivity index (χ3v) is 14.9. The zero-order valence-corrected chi connectivity index (χ0v) is 41.9. The molecule has 3 saturated heterocycles. The van der Waals surface area contributed by atoms with Gasteiger partial charge in [0.1, 0.15) is 36.0 Å². The number of methoxy groups -OCH3 is 1. The number of nitrogens with zero attached hydrogens (tertiary/aromatic N) is 4. The molecule has 3 N–H and O–H groups in total. The number of imide groups is 1. The number of urea groups is 1. The van der Waals surface area contributed by atoms with E-state index in [1.165, 1.54) is 7.11 Å². The molecule has 17 nitrogen and oxygen atoms in total. The van der Waals surface area contributed by atoms with Gasteiger partial charge in [-0.1, -0.05) is 111 Å². The molecule has 5 aromatic carbocycles. The van der Waals surface area contributed by atoms with Gasteiger partial charge in [-0.2, -0.15) is 0 Å². The molecule has 5 aliphatic heterocycles. The van der Waals surface area contributed by atoms with Gasteiger partial charge in [0.05, 0.1) is 44.0 Å². The third kappa shape index (κ3) is 9.22. The van der Waals surface area contributed by atoms with Crippen molar-refractivity contribution in [2.45, 2.75) is 62.5 Å². The number of carbonyl (C=O) groups excluding carboxylic acids is 5. The minimum absolute atomic E-state index is 0.103. The summed E-state index contributed by atoms with van der Waals surface area (Å²) in [7, 11) is 1.21. The second-order valence-corrected chi connectivity index (χ2v) is 19.5. The Kier molecular flexibility index (Phi) is 14.6. The summed E-state index contributed by atoms with van der Waals surface area (Å²) >= 11 is 0. The summed E-state index contributed by atoms with van der Waals surface area (Å²) in [6.45, 7) is 4.80. The van der Waals surface area contributed by atoms with Crippen molar-refractivity contribution in [1.29, 1.82) is 0 Å². The van der Waals surface area contributed by atoms with E-state index in [-0.39, 0.29) is 63.1 Å². The molecule has 0 saturated carbocycles. The molecule has 0 bridgehead atoms. The number of ether oxygens (including phenoxy) is 5. The van der Waals surface area contributed by atoms with Crippen LogP contribution in [0.4, 0.5) is 10.5 Å². The van der Waals surface area contributed by atoms with Gasteiger partial charge in [-0.3, -0.25) is 24.2 Å². The summed E-state index contributed by atoms with van der Waals surface area (Å²) in [5, 5.41) is 22.7. The van der Waals surface area contributed by atoms with Gasteiger partial charge in [0, 0.05) is 50.3 Å². The van der Waals surface area contributed by atoms with E-state index in [9.17, 15) is 15.0 Å². The predicted molar refractivity (Wildman–Crippen MR) is 273 cm³/mol. The molecule has 388 valence electrons. The Morgan fingerprint density at radius 2 is 1.52 bits per heavy atom. The first-order chi connectivity index (χ1) is 36.5. The van der Waals surface area contributed by atoms with Crippen LogP contribution in [0, 0.1) is 23.7 Å². The molecule has 1 spiro atoms. The van der Waals surface area contributed by atoms with E-state index in [1.807, 2.05) is 83.8 Å². The lowest BCUT2D eigenvalue weighted by Crippen LogP contribution is -2.59. The van der Waals surface area contributed by atoms with Gasteiger partial charge >= 0.3 is 18.0 Å². The molecule has 5 aromatic rings. The van der Waals surface area contributed by atoms with Crippen LogP contribution in [0.2, 0.25) is 0 Å². The lowest BCUT2D eigenvalue weighted by molar-refractivity contribution is -0.179. The molecule has 0 aromatic heterocycles. The summed E-state index contributed by atoms with van der Waals surface area (Å²) < 4.78 is 29.3. The van der Waals surface area contributed by atoms with Crippen LogP contribution in [0.5, 0.6) is 17.2 Å². The van der Waals surface area contributed by atoms with Crippen molar-refractivity contribution in [1.82, 2.24) is 20.0 Å². The van der Waals surface area contributed by atoms with Gasteiger partial charge in [0.15, 0.2) is 11.5 Å². The molecular formula is C58H59N5O12. The molecule has 10 rings (SSSR count). The molecule has 5 aliphatic rings. The average Bonchev–Trinajstić information content (AvgIpc) is 4.22. The molecule has 75 heavy (non-hydrogen) atoms. The van der Waals surface area contributed by atoms with Crippen molar-refractivity contribution < 1.29 is 57.9 Å². The molecule has 4 amide bonds. The Morgan fingerprint density at radius 3 is 2.23 bits per heavy atom. The zero-order valence-electron chi connectivity index (χ0n) is 41.9. The maximum Gasteiger partial charge on any atom is 0.329 e. The van der Waals surface area contributed by atoms with Crippen LogP contribution < -0.4 is 24.4 Å². The molecule has 7 atom stereocenters. The minimum atomic E-state index is -2.15. The summed E-state index contributed by atoms with van der Waals surface area (Å²) in [5.41, 5.74) is 1.35. The van der Waals surface area contributed by atoms with Crippen molar-refractivity contribution in [3.63, 3.8) is 0 Å². The summed E-state index contributed by atoms with van der Waals surface area (Å²) in [4.78, 5) is 84.4. The van der Waals surface area contributed by atoms with Gasteiger partial charge in [0.25, 0.3) is 0 Å². The van der Waals surface area contributed by atoms with Gasteiger partial charge < -0.3 is 44.1 Å². The molecule has 0 unspecified atom stereocenters. The second-order valence-electron chi connectivity index (χ2n) is 19.5. The van der Waals surface area contributed by atoms with E-state index >= 15 is 19.2 Å². The molecule has 3 fully saturated rings. The van der Waals surface area contributed by atoms with E-state index in [0.29, 0.717) is 53.4 Å². The Hall–Kier alpha value is -7.75. The van der Waals surface area contributed by atoms with Gasteiger partial charge in [-0.05, 0) is 64.6 Å². The number of nitrogens with one attached hydrogen (secondary N) is 1. The van der Waals surface area contributed by atoms with Crippen molar-refractivity contribution in [2.24, 2.45) is 11.8 Å². The highest BCUT2D eigenvalue weighted by Gasteiger charge is 2.76. The monoisotopic (exact) mass is 1020 g/mol. The number of anilines is 1. The number of para-hydroxylation sites is 1. The van der Waals surface area contributed by atoms with E-state index in [4.69, 9.17) is 23.7 Å². The first-order valence-corrected chi connectivity index (χ1v) is 25.3. The van der Waals surface area contributed by atoms with E-state index in [2.05, 4.69) is 22.1 Å². The number of morpholine rings is 1. The number of esters is 2. The van der Waals surface area contributed by atoms with Crippen LogP contribution in [0.15, 0.2) is 121 Å². The van der Waals surface area contributed by atoms with E-state index < -0.39 is 77.3 Å². The molecule has 5 heterocycles. The summed E-state index contributed by atoms with van der Waals surface area (Å²) in [6, 6.07) is 30.7. The first kappa shape index (κ1) is 50.8. The number of hydrogen-bond donors (Lipinski definition) is 3. The number of fused-ring (bicyclic) bond motifs is 4. The van der Waals surface area contributed by atoms with E-state index in [0.717, 1.165) is 10.5 Å². The van der Waals surface area contributed by atoms with Crippen LogP contribution in [0.3, 0.4) is 0 Å². The van der Waals surface area contributed by atoms with Gasteiger partial charge in [-0.15, -0.1) is 0 Å². The maximum absolute atomic E-state index is 16.9. The molecule has 17 heteroatoms. The number of amides is 4. The maximum atomic E-state index is 16.9. The fraction of sp³-hybridized carbons (Fsp3) is 0.362. The first-order valence-electron chi connectivity index (χ1n) is 25.3. The van der Waals surface area contributed by atoms with Crippen LogP contribution in [0.25, 0.3) is 0 Å². The lowest BCUT2D eigenvalue weighted by Gasteiger charge is -2.46. The predicted octanol–water partition coefficient (Wildman–Crippen LogP) is 5.44. The SMILES string of the molecule is COC(=O)[C@@H](NC(=O)N1C(=O)[C@@]2(c3cc(C#CCCO)ccc31)[C@H](c1ccccc1OCCO)N1[C@H](c3ccccc3)[C@H](c3ccccc3)OC(=O)[C@H]1[C@@H]2C(=O)N1CCN(Cc2ccc3c(c2)OCO3)CC1)C(C)C. The van der Waals surface area contributed by atoms with E-state index in [1.54, 1.807) is 61.2 Å². The second kappa shape index (κ2) is 21.6. The topological polar surface area (TPSA) is 197 Å². The Bertz CT molecular complexity index is 3030. The number of benzene rings is 5. The largest absolute Gasteiger partial charge is 0.491 e. The van der Waals surface area contributed by atoms with Crippen molar-refractivity contribution in [2.75, 3.05) is 64.8 Å². The van der Waals surface area contributed by atoms with Crippen LogP contribution in [-0.2, 0) is 40.6 Å². The smallest absolute Gasteiger partial charge is 0.329 e. The normalized spacial score (nSPS) is 23.3. The molecular weight excluding hydrogens is 959 g/mol. The zero-order chi connectivity index (χ0) is 52.4. The number of hydrogen-bond acceptors (Lipinski definition) is 14. The molecule has 0 aliphatic carbocycles. The highest BCUT2D eigenvalue weighted by molar-refractivity contribution is 6.25. The van der Waals surface area contributed by atoms with Crippen molar-refractivity contribution >= 4 is 35.5 Å². The number of carbonyl (C=O) groups is 5. The van der Waals surface area contributed by atoms with Gasteiger partial charge in [0.2, 0.25) is 18.6 Å². The highest BCUT2D eigenvalue weighted by atomic mass is 16.7. The number of rotatable bonds is 13. The number of piperazine rings is 1. The van der Waals surface area contributed by atoms with Crippen molar-refractivity contribution in [3.8, 4) is 29.1 Å². The Morgan fingerprint density at radius 1 is 0.813 bits per heavy atom. The highest BCUT2D eigenvalue weighted by Crippen LogP contribution is 2.67. The number of aliphatic hydroxyl groups is 2. The van der Waals surface area contributed by atoms with Crippen LogP contribution in [-0.4, -0.2) is 127 Å². The van der Waals surface area contributed by atoms with Crippen molar-refractivity contribution in [3.05, 3.63) is 155 Å². The third-order valence-electron chi connectivity index (χ3n) is 14.9. The van der Waals surface area contributed by atoms with Gasteiger partial charge in [-0.25, -0.2) is 14.5 Å². The minimum Gasteiger partial charge on any atom is -0.491 e. The fourth-order valence-electron chi connectivity index (χ4n) is 11.6. The molecule has 0 radical (unpaired) electrons. The Labute approximate surface area is 434 Å². The average molecular weight is 1020 g/mol. The van der Waals surface area contributed by atoms with Crippen LogP contribution in [0.1, 0.15) is 71.8 Å². The summed E-state index contributed by atoms with van der Waals surface area (Å²) in [5.74, 6) is 2.80. The number of cyclic esters (lactones) is 1. The quantitative estimate of drug-likeness (QED) is 0.0997.